The standard InChI is InChI=1S/C21H24N4O/c1-26-20-11-5-3-9-17(20)19(25-12-6-7-13-25)14-22-21-16-8-2-4-10-18(16)23-15-24-21/h2-5,8-11,15,19H,6-7,12-14H2,1H3,(H,22,23,24). The highest BCUT2D eigenvalue weighted by molar-refractivity contribution is 5.88. The number of rotatable bonds is 6. The van der Waals surface area contributed by atoms with Crippen molar-refractivity contribution in [1.82, 2.24) is 14.9 Å². The van der Waals surface area contributed by atoms with Crippen molar-refractivity contribution in [2.45, 2.75) is 18.9 Å². The first-order valence-corrected chi connectivity index (χ1v) is 9.17. The number of anilines is 1. The molecular weight excluding hydrogens is 324 g/mol. The van der Waals surface area contributed by atoms with E-state index in [9.17, 15) is 0 Å². The minimum absolute atomic E-state index is 0.252. The van der Waals surface area contributed by atoms with Crippen LogP contribution in [0.1, 0.15) is 24.4 Å². The molecule has 1 aliphatic heterocycles. The van der Waals surface area contributed by atoms with E-state index in [1.54, 1.807) is 13.4 Å². The fourth-order valence-electron chi connectivity index (χ4n) is 3.77. The summed E-state index contributed by atoms with van der Waals surface area (Å²) in [6.45, 7) is 3.02. The number of hydrogen-bond acceptors (Lipinski definition) is 5. The highest BCUT2D eigenvalue weighted by Crippen LogP contribution is 2.32. The van der Waals surface area contributed by atoms with Gasteiger partial charge >= 0.3 is 0 Å². The molecule has 0 saturated carbocycles. The van der Waals surface area contributed by atoms with Gasteiger partial charge in [0, 0.05) is 17.5 Å². The number of aromatic nitrogens is 2. The molecule has 1 aliphatic rings. The topological polar surface area (TPSA) is 50.3 Å². The van der Waals surface area contributed by atoms with Crippen LogP contribution in [0.3, 0.4) is 0 Å². The second kappa shape index (κ2) is 7.70. The lowest BCUT2D eigenvalue weighted by molar-refractivity contribution is 0.249. The van der Waals surface area contributed by atoms with E-state index >= 15 is 0 Å². The van der Waals surface area contributed by atoms with Crippen LogP contribution in [0.2, 0.25) is 0 Å². The first-order valence-electron chi connectivity index (χ1n) is 9.17. The average Bonchev–Trinajstić information content (AvgIpc) is 3.23. The third kappa shape index (κ3) is 3.35. The maximum Gasteiger partial charge on any atom is 0.137 e. The third-order valence-electron chi connectivity index (χ3n) is 5.09. The van der Waals surface area contributed by atoms with Gasteiger partial charge in [0.2, 0.25) is 0 Å². The van der Waals surface area contributed by atoms with Gasteiger partial charge in [-0.15, -0.1) is 0 Å². The van der Waals surface area contributed by atoms with E-state index in [-0.39, 0.29) is 6.04 Å². The summed E-state index contributed by atoms with van der Waals surface area (Å²) >= 11 is 0. The Labute approximate surface area is 154 Å². The number of methoxy groups -OCH3 is 1. The van der Waals surface area contributed by atoms with E-state index in [0.717, 1.165) is 42.1 Å². The molecule has 0 bridgehead atoms. The van der Waals surface area contributed by atoms with Crippen LogP contribution >= 0.6 is 0 Å². The minimum atomic E-state index is 0.252. The molecule has 1 aromatic heterocycles. The molecule has 0 aliphatic carbocycles. The Morgan fingerprint density at radius 2 is 1.81 bits per heavy atom. The summed E-state index contributed by atoms with van der Waals surface area (Å²) in [6.07, 6.45) is 4.13. The lowest BCUT2D eigenvalue weighted by Crippen LogP contribution is -2.31. The number of hydrogen-bond donors (Lipinski definition) is 1. The molecule has 5 nitrogen and oxygen atoms in total. The molecule has 1 N–H and O–H groups in total. The summed E-state index contributed by atoms with van der Waals surface area (Å²) in [6, 6.07) is 16.7. The van der Waals surface area contributed by atoms with Crippen molar-refractivity contribution >= 4 is 16.7 Å². The highest BCUT2D eigenvalue weighted by atomic mass is 16.5. The van der Waals surface area contributed by atoms with Crippen molar-refractivity contribution in [2.24, 2.45) is 0 Å². The molecule has 1 unspecified atom stereocenters. The van der Waals surface area contributed by atoms with Gasteiger partial charge in [-0.1, -0.05) is 30.3 Å². The zero-order valence-corrected chi connectivity index (χ0v) is 15.1. The van der Waals surface area contributed by atoms with Crippen molar-refractivity contribution < 1.29 is 4.74 Å². The van der Waals surface area contributed by atoms with E-state index in [1.807, 2.05) is 30.3 Å². The Kier molecular flexibility index (Phi) is 4.97. The van der Waals surface area contributed by atoms with Gasteiger partial charge in [0.05, 0.1) is 18.7 Å². The number of nitrogens with one attached hydrogen (secondary N) is 1. The summed E-state index contributed by atoms with van der Waals surface area (Å²) < 4.78 is 5.63. The van der Waals surface area contributed by atoms with Crippen LogP contribution in [0.4, 0.5) is 5.82 Å². The number of fused-ring (bicyclic) bond motifs is 1. The third-order valence-corrected chi connectivity index (χ3v) is 5.09. The lowest BCUT2D eigenvalue weighted by atomic mass is 10.0. The van der Waals surface area contributed by atoms with E-state index in [0.29, 0.717) is 0 Å². The molecule has 3 aromatic rings. The number of benzene rings is 2. The Bertz CT molecular complexity index is 871. The largest absolute Gasteiger partial charge is 0.496 e. The molecule has 1 saturated heterocycles. The first-order chi connectivity index (χ1) is 12.9. The molecule has 0 amide bonds. The van der Waals surface area contributed by atoms with Crippen LogP contribution in [0, 0.1) is 0 Å². The predicted molar refractivity (Wildman–Crippen MR) is 105 cm³/mol. The van der Waals surface area contributed by atoms with Gasteiger partial charge in [0.15, 0.2) is 0 Å². The van der Waals surface area contributed by atoms with Crippen molar-refractivity contribution in [3.63, 3.8) is 0 Å². The van der Waals surface area contributed by atoms with Crippen LogP contribution in [0.25, 0.3) is 10.9 Å². The number of para-hydroxylation sites is 2. The molecule has 1 atom stereocenters. The zero-order valence-electron chi connectivity index (χ0n) is 15.1. The summed E-state index contributed by atoms with van der Waals surface area (Å²) in [5.74, 6) is 1.83. The van der Waals surface area contributed by atoms with Crippen molar-refractivity contribution in [1.29, 1.82) is 0 Å². The fraction of sp³-hybridized carbons (Fsp3) is 0.333. The van der Waals surface area contributed by atoms with Crippen molar-refractivity contribution in [2.75, 3.05) is 32.1 Å². The van der Waals surface area contributed by atoms with Crippen LogP contribution in [0.15, 0.2) is 54.9 Å². The smallest absolute Gasteiger partial charge is 0.137 e. The zero-order chi connectivity index (χ0) is 17.8. The molecule has 0 radical (unpaired) electrons. The van der Waals surface area contributed by atoms with Crippen molar-refractivity contribution in [3.05, 3.63) is 60.4 Å². The van der Waals surface area contributed by atoms with Gasteiger partial charge < -0.3 is 10.1 Å². The Balaban J connectivity index is 1.63. The molecule has 26 heavy (non-hydrogen) atoms. The van der Waals surface area contributed by atoms with Crippen LogP contribution in [-0.4, -0.2) is 41.6 Å². The normalized spacial score (nSPS) is 15.9. The van der Waals surface area contributed by atoms with Gasteiger partial charge in [0.25, 0.3) is 0 Å². The summed E-state index contributed by atoms with van der Waals surface area (Å²) in [5, 5.41) is 4.62. The van der Waals surface area contributed by atoms with Gasteiger partial charge in [-0.2, -0.15) is 0 Å². The van der Waals surface area contributed by atoms with Crippen LogP contribution in [-0.2, 0) is 0 Å². The van der Waals surface area contributed by atoms with E-state index in [4.69, 9.17) is 4.74 Å². The van der Waals surface area contributed by atoms with Gasteiger partial charge in [0.1, 0.15) is 17.9 Å². The van der Waals surface area contributed by atoms with Crippen LogP contribution < -0.4 is 10.1 Å². The lowest BCUT2D eigenvalue weighted by Gasteiger charge is -2.29. The Morgan fingerprint density at radius 1 is 1.04 bits per heavy atom. The summed E-state index contributed by atoms with van der Waals surface area (Å²) in [7, 11) is 1.74. The molecule has 0 spiro atoms. The fourth-order valence-corrected chi connectivity index (χ4v) is 3.77. The maximum atomic E-state index is 5.63. The van der Waals surface area contributed by atoms with Gasteiger partial charge in [-0.25, -0.2) is 9.97 Å². The Hall–Kier alpha value is -2.66. The first kappa shape index (κ1) is 16.8. The predicted octanol–water partition coefficient (Wildman–Crippen LogP) is 3.89. The Morgan fingerprint density at radius 3 is 2.65 bits per heavy atom. The highest BCUT2D eigenvalue weighted by Gasteiger charge is 2.26. The van der Waals surface area contributed by atoms with Gasteiger partial charge in [-0.3, -0.25) is 4.90 Å². The quantitative estimate of drug-likeness (QED) is 0.732. The molecule has 2 aromatic carbocycles. The van der Waals surface area contributed by atoms with E-state index < -0.39 is 0 Å². The van der Waals surface area contributed by atoms with E-state index in [1.165, 1.54) is 18.4 Å². The second-order valence-electron chi connectivity index (χ2n) is 6.62. The molecule has 134 valence electrons. The average molecular weight is 348 g/mol. The number of nitrogens with zero attached hydrogens (tertiary/aromatic N) is 3. The monoisotopic (exact) mass is 348 g/mol. The maximum absolute atomic E-state index is 5.63. The SMILES string of the molecule is COc1ccccc1C(CNc1ncnc2ccccc12)N1CCCC1. The molecular formula is C21H24N4O. The molecule has 1 fully saturated rings. The van der Waals surface area contributed by atoms with Gasteiger partial charge in [-0.05, 0) is 44.1 Å². The van der Waals surface area contributed by atoms with Crippen LogP contribution in [0.5, 0.6) is 5.75 Å². The molecule has 5 heteroatoms. The second-order valence-corrected chi connectivity index (χ2v) is 6.62. The summed E-state index contributed by atoms with van der Waals surface area (Å²) in [4.78, 5) is 11.4. The number of ether oxygens (including phenoxy) is 1. The van der Waals surface area contributed by atoms with Crippen molar-refractivity contribution in [3.8, 4) is 5.75 Å². The molecule has 4 rings (SSSR count). The van der Waals surface area contributed by atoms with E-state index in [2.05, 4.69) is 38.4 Å². The number of likely N-dealkylation sites (tertiary alicyclic amines) is 1. The minimum Gasteiger partial charge on any atom is -0.496 e. The molecule has 2 heterocycles. The summed E-state index contributed by atoms with van der Waals surface area (Å²) in [5.41, 5.74) is 2.18.